The third-order valence-corrected chi connectivity index (χ3v) is 2.66. The predicted octanol–water partition coefficient (Wildman–Crippen LogP) is 4.58. The molecule has 1 atom stereocenters. The molecule has 0 bridgehead atoms. The normalized spacial score (nSPS) is 10.9. The lowest BCUT2D eigenvalue weighted by atomic mass is 9.92. The highest BCUT2D eigenvalue weighted by molar-refractivity contribution is 5.82. The quantitative estimate of drug-likeness (QED) is 0.654. The molecule has 0 amide bonds. The largest absolute Gasteiger partial charge is 0.468 e. The van der Waals surface area contributed by atoms with Gasteiger partial charge in [0.1, 0.15) is 5.92 Å². The zero-order valence-corrected chi connectivity index (χ0v) is 14.4. The summed E-state index contributed by atoms with van der Waals surface area (Å²) in [5.74, 6) is -0.764. The van der Waals surface area contributed by atoms with Gasteiger partial charge in [0.05, 0.1) is 7.11 Å². The van der Waals surface area contributed by atoms with Crippen LogP contribution in [0.5, 0.6) is 0 Å². The number of esters is 1. The molecule has 1 rings (SSSR count). The van der Waals surface area contributed by atoms with Crippen molar-refractivity contribution >= 4 is 5.97 Å². The predicted molar refractivity (Wildman–Crippen MR) is 95.5 cm³/mol. The zero-order chi connectivity index (χ0) is 17.5. The fourth-order valence-corrected chi connectivity index (χ4v) is 1.38. The summed E-state index contributed by atoms with van der Waals surface area (Å²) in [6, 6.07) is 9.39. The van der Waals surface area contributed by atoms with E-state index in [1.807, 2.05) is 64.1 Å². The summed E-state index contributed by atoms with van der Waals surface area (Å²) in [6.45, 7) is 15.2. The number of hydrogen-bond donors (Lipinski definition) is 1. The van der Waals surface area contributed by atoms with E-state index in [4.69, 9.17) is 10.5 Å². The molecule has 3 nitrogen and oxygen atoms in total. The molecule has 0 spiro atoms. The molecule has 0 saturated carbocycles. The van der Waals surface area contributed by atoms with Crippen molar-refractivity contribution in [2.75, 3.05) is 7.11 Å². The van der Waals surface area contributed by atoms with Crippen molar-refractivity contribution in [2.45, 2.75) is 33.6 Å². The third-order valence-electron chi connectivity index (χ3n) is 2.66. The highest BCUT2D eigenvalue weighted by Gasteiger charge is 2.22. The molecule has 0 radical (unpaired) electrons. The molecule has 3 heteroatoms. The highest BCUT2D eigenvalue weighted by atomic mass is 16.5. The Morgan fingerprint density at radius 1 is 1.27 bits per heavy atom. The maximum atomic E-state index is 11.6. The Hall–Kier alpha value is -2.29. The van der Waals surface area contributed by atoms with Crippen molar-refractivity contribution in [3.05, 3.63) is 72.5 Å². The van der Waals surface area contributed by atoms with Gasteiger partial charge < -0.3 is 10.5 Å². The van der Waals surface area contributed by atoms with Crippen molar-refractivity contribution in [1.82, 2.24) is 0 Å². The maximum absolute atomic E-state index is 11.6. The Kier molecular flexibility index (Phi) is 13.7. The molecule has 1 unspecified atom stereocenters. The monoisotopic (exact) mass is 303 g/mol. The summed E-state index contributed by atoms with van der Waals surface area (Å²) in [5, 5.41) is 0. The Morgan fingerprint density at radius 3 is 2.05 bits per heavy atom. The summed E-state index contributed by atoms with van der Waals surface area (Å²) in [5.41, 5.74) is 7.55. The second-order valence-corrected chi connectivity index (χ2v) is 4.18. The number of rotatable bonds is 4. The van der Waals surface area contributed by atoms with Crippen LogP contribution in [0.4, 0.5) is 0 Å². The van der Waals surface area contributed by atoms with Gasteiger partial charge >= 0.3 is 5.97 Å². The van der Waals surface area contributed by atoms with E-state index in [0.717, 1.165) is 11.3 Å². The first-order valence-electron chi connectivity index (χ1n) is 7.30. The van der Waals surface area contributed by atoms with Gasteiger partial charge in [0.2, 0.25) is 0 Å². The minimum Gasteiger partial charge on any atom is -0.468 e. The molecule has 0 aromatic heterocycles. The van der Waals surface area contributed by atoms with Crippen LogP contribution in [-0.2, 0) is 9.53 Å². The molecule has 0 aliphatic rings. The molecule has 0 saturated heterocycles. The van der Waals surface area contributed by atoms with E-state index in [9.17, 15) is 4.79 Å². The van der Waals surface area contributed by atoms with E-state index >= 15 is 0 Å². The van der Waals surface area contributed by atoms with E-state index in [0.29, 0.717) is 5.57 Å². The number of methoxy groups -OCH3 is 1. The average Bonchev–Trinajstić information content (AvgIpc) is 2.57. The van der Waals surface area contributed by atoms with Crippen molar-refractivity contribution in [1.29, 1.82) is 0 Å². The van der Waals surface area contributed by atoms with Crippen LogP contribution in [0.2, 0.25) is 0 Å². The van der Waals surface area contributed by atoms with Crippen molar-refractivity contribution in [3.8, 4) is 0 Å². The van der Waals surface area contributed by atoms with Crippen LogP contribution in [0.15, 0.2) is 66.9 Å². The van der Waals surface area contributed by atoms with Crippen molar-refractivity contribution < 1.29 is 9.53 Å². The Bertz CT molecular complexity index is 471. The number of hydrogen-bond acceptors (Lipinski definition) is 3. The molecule has 22 heavy (non-hydrogen) atoms. The Labute approximate surface area is 135 Å². The van der Waals surface area contributed by atoms with E-state index < -0.39 is 5.92 Å². The molecule has 1 aromatic carbocycles. The van der Waals surface area contributed by atoms with Crippen LogP contribution in [0.25, 0.3) is 0 Å². The van der Waals surface area contributed by atoms with Crippen LogP contribution < -0.4 is 5.73 Å². The summed E-state index contributed by atoms with van der Waals surface area (Å²) < 4.78 is 4.74. The highest BCUT2D eigenvalue weighted by Crippen LogP contribution is 2.24. The number of carbonyl (C=O) groups is 1. The van der Waals surface area contributed by atoms with E-state index in [1.165, 1.54) is 7.11 Å². The van der Waals surface area contributed by atoms with Crippen molar-refractivity contribution in [2.24, 2.45) is 5.73 Å². The average molecular weight is 303 g/mol. The van der Waals surface area contributed by atoms with Crippen LogP contribution in [0.1, 0.15) is 39.2 Å². The van der Waals surface area contributed by atoms with Crippen LogP contribution in [0.3, 0.4) is 0 Å². The second-order valence-electron chi connectivity index (χ2n) is 4.18. The minimum atomic E-state index is -0.450. The molecule has 0 aliphatic heterocycles. The van der Waals surface area contributed by atoms with Gasteiger partial charge in [-0.1, -0.05) is 69.5 Å². The van der Waals surface area contributed by atoms with Crippen LogP contribution in [0, 0.1) is 0 Å². The van der Waals surface area contributed by atoms with Gasteiger partial charge in [0.15, 0.2) is 0 Å². The molecule has 2 N–H and O–H groups in total. The topological polar surface area (TPSA) is 52.3 Å². The van der Waals surface area contributed by atoms with Crippen LogP contribution >= 0.6 is 0 Å². The first-order chi connectivity index (χ1) is 10.5. The molecular formula is C19H29NO2. The first-order valence-corrected chi connectivity index (χ1v) is 7.30. The summed E-state index contributed by atoms with van der Waals surface area (Å²) in [4.78, 5) is 11.6. The third kappa shape index (κ3) is 8.80. The maximum Gasteiger partial charge on any atom is 0.317 e. The number of benzene rings is 1. The summed E-state index contributed by atoms with van der Waals surface area (Å²) in [6.07, 6.45) is 3.44. The molecule has 122 valence electrons. The summed E-state index contributed by atoms with van der Waals surface area (Å²) >= 11 is 0. The van der Waals surface area contributed by atoms with Gasteiger partial charge in [0, 0.05) is 5.70 Å². The van der Waals surface area contributed by atoms with Gasteiger partial charge in [-0.25, -0.2) is 0 Å². The van der Waals surface area contributed by atoms with Gasteiger partial charge in [-0.3, -0.25) is 4.79 Å². The standard InChI is InChI=1S/C13H14O2.C4H9N.C2H6/c1-4-10(2)12(13(14)15-3)11-8-6-5-7-9-11;1-3-4(2)5;1-2/h4-9,12H,1-2H2,3H3;3H,5H2,1-2H3;1-2H3/b;4-3+;. The van der Waals surface area contributed by atoms with Gasteiger partial charge in [-0.2, -0.15) is 0 Å². The number of nitrogens with two attached hydrogens (primary N) is 1. The molecule has 0 fully saturated rings. The molecule has 0 heterocycles. The van der Waals surface area contributed by atoms with Gasteiger partial charge in [0.25, 0.3) is 0 Å². The van der Waals surface area contributed by atoms with Crippen LogP contribution in [-0.4, -0.2) is 13.1 Å². The van der Waals surface area contributed by atoms with E-state index in [1.54, 1.807) is 6.08 Å². The van der Waals surface area contributed by atoms with Gasteiger partial charge in [-0.05, 0) is 25.0 Å². The Morgan fingerprint density at radius 2 is 1.73 bits per heavy atom. The fourth-order valence-electron chi connectivity index (χ4n) is 1.38. The smallest absolute Gasteiger partial charge is 0.317 e. The molecule has 0 aliphatic carbocycles. The zero-order valence-electron chi connectivity index (χ0n) is 14.4. The molecular weight excluding hydrogens is 274 g/mol. The van der Waals surface area contributed by atoms with E-state index in [2.05, 4.69) is 13.2 Å². The lowest BCUT2D eigenvalue weighted by Gasteiger charge is -2.14. The lowest BCUT2D eigenvalue weighted by Crippen LogP contribution is -2.15. The minimum absolute atomic E-state index is 0.314. The lowest BCUT2D eigenvalue weighted by molar-refractivity contribution is -0.141. The van der Waals surface area contributed by atoms with Crippen molar-refractivity contribution in [3.63, 3.8) is 0 Å². The fraction of sp³-hybridized carbons (Fsp3) is 0.316. The second kappa shape index (κ2) is 13.7. The SMILES string of the molecule is C/C=C(\C)N.C=CC(=C)C(C(=O)OC)c1ccccc1.CC. The first kappa shape index (κ1) is 22.0. The number of ether oxygens (including phenoxy) is 1. The van der Waals surface area contributed by atoms with E-state index in [-0.39, 0.29) is 5.97 Å². The molecule has 1 aromatic rings. The number of allylic oxidation sites excluding steroid dienone is 3. The van der Waals surface area contributed by atoms with Gasteiger partial charge in [-0.15, -0.1) is 0 Å². The number of carbonyl (C=O) groups excluding carboxylic acids is 1. The Balaban J connectivity index is 0. The summed E-state index contributed by atoms with van der Waals surface area (Å²) in [7, 11) is 1.37.